The Labute approximate surface area is 281 Å². The van der Waals surface area contributed by atoms with Gasteiger partial charge in [-0.05, 0) is 47.8 Å². The molecule has 224 valence electrons. The molecular weight excluding hydrogens is 585 g/mol. The molecule has 0 amide bonds. The topological polar surface area (TPSA) is 48.4 Å². The number of rotatable bonds is 5. The van der Waals surface area contributed by atoms with Crippen LogP contribution >= 0.6 is 0 Å². The average molecular weight is 614 g/mol. The largest absolute Gasteiger partial charge is 0.423 e. The van der Waals surface area contributed by atoms with E-state index in [4.69, 9.17) is 15.0 Å². The van der Waals surface area contributed by atoms with Gasteiger partial charge in [-0.3, -0.25) is 0 Å². The second-order valence-electron chi connectivity index (χ2n) is 12.1. The Bertz CT molecular complexity index is 2100. The number of nitrogens with zero attached hydrogens (tertiary/aromatic N) is 6. The molecule has 0 radical (unpaired) electrons. The summed E-state index contributed by atoms with van der Waals surface area (Å²) in [5, 5.41) is 0. The lowest BCUT2D eigenvalue weighted by molar-refractivity contribution is 0.632. The first-order valence-electron chi connectivity index (χ1n) is 16.3. The van der Waals surface area contributed by atoms with E-state index in [1.165, 1.54) is 0 Å². The molecule has 0 spiro atoms. The minimum absolute atomic E-state index is 0.0577. The minimum atomic E-state index is 0.0577. The fourth-order valence-corrected chi connectivity index (χ4v) is 7.02. The van der Waals surface area contributed by atoms with Gasteiger partial charge in [0.1, 0.15) is 0 Å². The number of fused-ring (bicyclic) bond motifs is 6. The molecule has 0 saturated carbocycles. The number of hydrogen-bond donors (Lipinski definition) is 0. The summed E-state index contributed by atoms with van der Waals surface area (Å²) < 4.78 is 7.35. The highest BCUT2D eigenvalue weighted by molar-refractivity contribution is 6.92. The van der Waals surface area contributed by atoms with Crippen molar-refractivity contribution in [1.29, 1.82) is 0 Å². The SMILES string of the molecule is C1=CB2N3C=CC=CB3N3B(C=CC=C3c3ccc(-c4nc(-c5ccccc5)nc(-c5ccccc5)n4)cc3-c3ccccc3)N2C=C1. The first kappa shape index (κ1) is 28.2. The molecule has 0 N–H and O–H groups in total. The third kappa shape index (κ3) is 4.92. The molecule has 48 heavy (non-hydrogen) atoms. The molecule has 5 heterocycles. The van der Waals surface area contributed by atoms with Crippen LogP contribution in [0.25, 0.3) is 51.0 Å². The number of hydrogen-bond acceptors (Lipinski definition) is 6. The highest BCUT2D eigenvalue weighted by Crippen LogP contribution is 2.40. The van der Waals surface area contributed by atoms with Crippen molar-refractivity contribution in [1.82, 2.24) is 29.1 Å². The smallest absolute Gasteiger partial charge is 0.380 e. The van der Waals surface area contributed by atoms with Crippen molar-refractivity contribution in [2.24, 2.45) is 0 Å². The first-order chi connectivity index (χ1) is 23.8. The minimum Gasteiger partial charge on any atom is -0.423 e. The lowest BCUT2D eigenvalue weighted by Gasteiger charge is -2.55. The van der Waals surface area contributed by atoms with Crippen molar-refractivity contribution in [2.45, 2.75) is 0 Å². The van der Waals surface area contributed by atoms with E-state index in [1.54, 1.807) is 0 Å². The van der Waals surface area contributed by atoms with Crippen molar-refractivity contribution in [3.05, 3.63) is 182 Å². The Kier molecular flexibility index (Phi) is 7.01. The first-order valence-corrected chi connectivity index (χ1v) is 16.3. The molecule has 1 aromatic heterocycles. The summed E-state index contributed by atoms with van der Waals surface area (Å²) >= 11 is 0. The number of benzene rings is 4. The predicted molar refractivity (Wildman–Crippen MR) is 198 cm³/mol. The second kappa shape index (κ2) is 11.9. The molecule has 9 rings (SSSR count). The van der Waals surface area contributed by atoms with Gasteiger partial charge in [0.05, 0.1) is 0 Å². The van der Waals surface area contributed by atoms with Crippen LogP contribution < -0.4 is 0 Å². The number of aromatic nitrogens is 3. The van der Waals surface area contributed by atoms with Crippen molar-refractivity contribution < 1.29 is 0 Å². The van der Waals surface area contributed by atoms with Gasteiger partial charge < -0.3 is 14.2 Å². The molecule has 1 fully saturated rings. The van der Waals surface area contributed by atoms with Crippen LogP contribution in [0.2, 0.25) is 0 Å². The van der Waals surface area contributed by atoms with E-state index in [1.807, 2.05) is 60.7 Å². The van der Waals surface area contributed by atoms with Gasteiger partial charge in [0.25, 0.3) is 0 Å². The van der Waals surface area contributed by atoms with E-state index in [0.29, 0.717) is 17.5 Å². The molecule has 0 unspecified atom stereocenters. The summed E-state index contributed by atoms with van der Waals surface area (Å²) in [5.41, 5.74) is 7.40. The molecule has 0 bridgehead atoms. The quantitative estimate of drug-likeness (QED) is 0.190. The summed E-state index contributed by atoms with van der Waals surface area (Å²) in [6.45, 7) is 0.258. The standard InChI is InChI=1S/C39H29B3N6/c1-4-15-30(16-5-1)35-29-33(39-44-37(31-17-6-2-7-18-31)43-38(45-39)32-19-8-3-9-20-32)22-23-34(35)36-21-14-26-42-47-27-12-10-24-40(47)46-28-13-11-25-41(46)48(36)42/h1-29H. The van der Waals surface area contributed by atoms with Gasteiger partial charge in [-0.25, -0.2) is 15.0 Å². The molecule has 1 saturated heterocycles. The molecule has 0 aliphatic carbocycles. The Morgan fingerprint density at radius 1 is 0.417 bits per heavy atom. The van der Waals surface area contributed by atoms with Gasteiger partial charge in [-0.1, -0.05) is 139 Å². The Morgan fingerprint density at radius 3 is 1.50 bits per heavy atom. The van der Waals surface area contributed by atoms with Crippen LogP contribution in [0.4, 0.5) is 0 Å². The van der Waals surface area contributed by atoms with Gasteiger partial charge >= 0.3 is 20.9 Å². The van der Waals surface area contributed by atoms with Crippen LogP contribution in [0.5, 0.6) is 0 Å². The van der Waals surface area contributed by atoms with Crippen molar-refractivity contribution in [3.63, 3.8) is 0 Å². The summed E-state index contributed by atoms with van der Waals surface area (Å²) in [6, 6.07) is 37.5. The second-order valence-corrected chi connectivity index (χ2v) is 12.1. The maximum atomic E-state index is 5.04. The third-order valence-corrected chi connectivity index (χ3v) is 9.25. The van der Waals surface area contributed by atoms with Crippen molar-refractivity contribution in [3.8, 4) is 45.3 Å². The Hall–Kier alpha value is -6.08. The molecule has 0 atom stereocenters. The summed E-state index contributed by atoms with van der Waals surface area (Å²) in [4.78, 5) is 15.0. The fraction of sp³-hybridized carbons (Fsp3) is 0. The molecule has 5 aromatic rings. The van der Waals surface area contributed by atoms with Gasteiger partial charge in [-0.15, -0.1) is 0 Å². The normalized spacial score (nSPS) is 15.8. The maximum Gasteiger partial charge on any atom is 0.380 e. The molecule has 9 heteroatoms. The van der Waals surface area contributed by atoms with E-state index in [-0.39, 0.29) is 20.9 Å². The molecule has 4 aliphatic heterocycles. The zero-order chi connectivity index (χ0) is 31.9. The zero-order valence-corrected chi connectivity index (χ0v) is 26.2. The third-order valence-electron chi connectivity index (χ3n) is 9.25. The monoisotopic (exact) mass is 614 g/mol. The summed E-state index contributed by atoms with van der Waals surface area (Å²) in [6.07, 6.45) is 17.4. The van der Waals surface area contributed by atoms with Crippen LogP contribution in [0.3, 0.4) is 0 Å². The van der Waals surface area contributed by atoms with E-state index < -0.39 is 0 Å². The molecule has 4 aliphatic rings. The lowest BCUT2D eigenvalue weighted by atomic mass is 9.41. The average Bonchev–Trinajstić information content (AvgIpc) is 3.18. The van der Waals surface area contributed by atoms with Crippen LogP contribution in [-0.2, 0) is 0 Å². The van der Waals surface area contributed by atoms with Crippen LogP contribution in [0.15, 0.2) is 176 Å². The highest BCUT2D eigenvalue weighted by Gasteiger charge is 2.51. The lowest BCUT2D eigenvalue weighted by Crippen LogP contribution is -2.74. The van der Waals surface area contributed by atoms with Crippen molar-refractivity contribution in [2.75, 3.05) is 0 Å². The Balaban J connectivity index is 1.20. The summed E-state index contributed by atoms with van der Waals surface area (Å²) in [7, 11) is 0. The fourth-order valence-electron chi connectivity index (χ4n) is 7.02. The predicted octanol–water partition coefficient (Wildman–Crippen LogP) is 7.62. The van der Waals surface area contributed by atoms with Gasteiger partial charge in [0.2, 0.25) is 0 Å². The molecule has 4 aromatic carbocycles. The van der Waals surface area contributed by atoms with Crippen LogP contribution in [0.1, 0.15) is 5.56 Å². The molecular formula is C39H29B3N6. The highest BCUT2D eigenvalue weighted by atomic mass is 15.3. The van der Waals surface area contributed by atoms with E-state index in [0.717, 1.165) is 39.1 Å². The molecule has 6 nitrogen and oxygen atoms in total. The van der Waals surface area contributed by atoms with Crippen LogP contribution in [-0.4, -0.2) is 50.1 Å². The zero-order valence-electron chi connectivity index (χ0n) is 26.2. The van der Waals surface area contributed by atoms with E-state index in [9.17, 15) is 0 Å². The van der Waals surface area contributed by atoms with E-state index >= 15 is 0 Å². The van der Waals surface area contributed by atoms with Crippen molar-refractivity contribution >= 4 is 26.6 Å². The van der Waals surface area contributed by atoms with Crippen LogP contribution in [0, 0.1) is 0 Å². The van der Waals surface area contributed by atoms with E-state index in [2.05, 4.69) is 129 Å². The Morgan fingerprint density at radius 2 is 0.917 bits per heavy atom. The van der Waals surface area contributed by atoms with Gasteiger partial charge in [-0.2, -0.15) is 0 Å². The summed E-state index contributed by atoms with van der Waals surface area (Å²) in [5.74, 6) is 8.79. The van der Waals surface area contributed by atoms with Gasteiger partial charge in [0, 0.05) is 28.0 Å². The van der Waals surface area contributed by atoms with Gasteiger partial charge in [0.15, 0.2) is 17.5 Å². The number of allylic oxidation sites excluding steroid dienone is 6. The maximum absolute atomic E-state index is 5.04.